The fraction of sp³-hybridized carbons (Fsp3) is 0.0625. The van der Waals surface area contributed by atoms with Gasteiger partial charge in [-0.3, -0.25) is 4.72 Å². The van der Waals surface area contributed by atoms with Crippen molar-refractivity contribution in [2.24, 2.45) is 0 Å². The zero-order valence-corrected chi connectivity index (χ0v) is 11.9. The van der Waals surface area contributed by atoms with E-state index in [0.717, 1.165) is 5.56 Å². The standard InChI is InChI=1S/C16H12N2O2S/c1-2-13-4-3-5-15(12-13)18-21(19,20)16-8-6-14(7-9-16)10-11-17/h1,3-9,12,18H,10H2. The number of hydrogen-bond acceptors (Lipinski definition) is 3. The summed E-state index contributed by atoms with van der Waals surface area (Å²) in [5.74, 6) is 2.45. The highest BCUT2D eigenvalue weighted by Crippen LogP contribution is 2.17. The van der Waals surface area contributed by atoms with Gasteiger partial charge < -0.3 is 0 Å². The lowest BCUT2D eigenvalue weighted by Crippen LogP contribution is -2.13. The average molecular weight is 296 g/mol. The third-order valence-electron chi connectivity index (χ3n) is 2.80. The number of rotatable bonds is 4. The topological polar surface area (TPSA) is 70.0 Å². The fourth-order valence-corrected chi connectivity index (χ4v) is 2.81. The minimum atomic E-state index is -3.67. The first kappa shape index (κ1) is 14.6. The summed E-state index contributed by atoms with van der Waals surface area (Å²) in [5, 5.41) is 8.60. The molecule has 0 aliphatic rings. The van der Waals surface area contributed by atoms with Crippen molar-refractivity contribution in [1.82, 2.24) is 0 Å². The summed E-state index contributed by atoms with van der Waals surface area (Å²) < 4.78 is 27.0. The summed E-state index contributed by atoms with van der Waals surface area (Å²) in [7, 11) is -3.67. The molecule has 1 N–H and O–H groups in total. The van der Waals surface area contributed by atoms with Crippen molar-refractivity contribution in [3.63, 3.8) is 0 Å². The summed E-state index contributed by atoms with van der Waals surface area (Å²) >= 11 is 0. The van der Waals surface area contributed by atoms with Crippen LogP contribution in [-0.2, 0) is 16.4 Å². The first-order valence-electron chi connectivity index (χ1n) is 6.10. The molecule has 2 rings (SSSR count). The maximum atomic E-state index is 12.2. The van der Waals surface area contributed by atoms with Crippen LogP contribution in [0, 0.1) is 23.7 Å². The van der Waals surface area contributed by atoms with Gasteiger partial charge >= 0.3 is 0 Å². The maximum absolute atomic E-state index is 12.2. The van der Waals surface area contributed by atoms with Crippen LogP contribution in [0.4, 0.5) is 5.69 Å². The first-order valence-corrected chi connectivity index (χ1v) is 7.59. The quantitative estimate of drug-likeness (QED) is 0.881. The molecular weight excluding hydrogens is 284 g/mol. The van der Waals surface area contributed by atoms with E-state index in [9.17, 15) is 8.42 Å². The van der Waals surface area contributed by atoms with Gasteiger partial charge in [-0.1, -0.05) is 24.1 Å². The predicted octanol–water partition coefficient (Wildman–Crippen LogP) is 2.53. The van der Waals surface area contributed by atoms with E-state index in [2.05, 4.69) is 10.6 Å². The highest BCUT2D eigenvalue weighted by Gasteiger charge is 2.14. The van der Waals surface area contributed by atoms with Crippen molar-refractivity contribution in [3.8, 4) is 18.4 Å². The van der Waals surface area contributed by atoms with Gasteiger partial charge in [-0.25, -0.2) is 8.42 Å². The number of hydrogen-bond donors (Lipinski definition) is 1. The average Bonchev–Trinajstić information content (AvgIpc) is 2.48. The molecule has 0 atom stereocenters. The van der Waals surface area contributed by atoms with E-state index in [1.807, 2.05) is 6.07 Å². The molecule has 0 bridgehead atoms. The third kappa shape index (κ3) is 3.62. The lowest BCUT2D eigenvalue weighted by atomic mass is 10.2. The minimum absolute atomic E-state index is 0.135. The molecule has 0 aliphatic carbocycles. The zero-order valence-electron chi connectivity index (χ0n) is 11.1. The Bertz CT molecular complexity index is 826. The SMILES string of the molecule is C#Cc1cccc(NS(=O)(=O)c2ccc(CC#N)cc2)c1. The Morgan fingerprint density at radius 3 is 2.48 bits per heavy atom. The third-order valence-corrected chi connectivity index (χ3v) is 4.20. The second kappa shape index (κ2) is 6.13. The van der Waals surface area contributed by atoms with E-state index in [1.54, 1.807) is 36.4 Å². The van der Waals surface area contributed by atoms with Gasteiger partial charge in [-0.15, -0.1) is 6.42 Å². The summed E-state index contributed by atoms with van der Waals surface area (Å²) in [5.41, 5.74) is 1.77. The van der Waals surface area contributed by atoms with Gasteiger partial charge in [-0.05, 0) is 35.9 Å². The zero-order chi connectivity index (χ0) is 15.3. The molecule has 0 heterocycles. The van der Waals surface area contributed by atoms with Crippen LogP contribution in [-0.4, -0.2) is 8.42 Å². The van der Waals surface area contributed by atoms with E-state index in [4.69, 9.17) is 11.7 Å². The van der Waals surface area contributed by atoms with Crippen LogP contribution in [0.25, 0.3) is 0 Å². The summed E-state index contributed by atoms with van der Waals surface area (Å²) in [6, 6.07) is 14.8. The van der Waals surface area contributed by atoms with Gasteiger partial charge in [0.1, 0.15) is 0 Å². The molecule has 2 aromatic rings. The molecule has 104 valence electrons. The molecule has 0 fully saturated rings. The second-order valence-electron chi connectivity index (χ2n) is 4.31. The van der Waals surface area contributed by atoms with Gasteiger partial charge in [0.25, 0.3) is 10.0 Å². The Morgan fingerprint density at radius 1 is 1.14 bits per heavy atom. The van der Waals surface area contributed by atoms with Crippen molar-refractivity contribution < 1.29 is 8.42 Å². The van der Waals surface area contributed by atoms with Gasteiger partial charge in [-0.2, -0.15) is 5.26 Å². The number of nitrogens with zero attached hydrogens (tertiary/aromatic N) is 1. The van der Waals surface area contributed by atoms with Gasteiger partial charge in [0.05, 0.1) is 23.1 Å². The number of benzene rings is 2. The lowest BCUT2D eigenvalue weighted by Gasteiger charge is -2.08. The number of anilines is 1. The van der Waals surface area contributed by atoms with Crippen molar-refractivity contribution in [2.75, 3.05) is 4.72 Å². The molecule has 0 spiro atoms. The van der Waals surface area contributed by atoms with E-state index >= 15 is 0 Å². The summed E-state index contributed by atoms with van der Waals surface area (Å²) in [4.78, 5) is 0.135. The summed E-state index contributed by atoms with van der Waals surface area (Å²) in [6.07, 6.45) is 5.53. The van der Waals surface area contributed by atoms with Crippen molar-refractivity contribution in [2.45, 2.75) is 11.3 Å². The molecule has 5 heteroatoms. The van der Waals surface area contributed by atoms with E-state index in [0.29, 0.717) is 11.3 Å². The van der Waals surface area contributed by atoms with Crippen LogP contribution >= 0.6 is 0 Å². The van der Waals surface area contributed by atoms with Gasteiger partial charge in [0.2, 0.25) is 0 Å². The first-order chi connectivity index (χ1) is 10.0. The molecule has 4 nitrogen and oxygen atoms in total. The Kier molecular flexibility index (Phi) is 4.27. The molecule has 0 unspecified atom stereocenters. The molecule has 0 saturated heterocycles. The second-order valence-corrected chi connectivity index (χ2v) is 5.99. The number of sulfonamides is 1. The molecule has 0 saturated carbocycles. The van der Waals surface area contributed by atoms with Gasteiger partial charge in [0.15, 0.2) is 0 Å². The minimum Gasteiger partial charge on any atom is -0.280 e. The van der Waals surface area contributed by atoms with E-state index in [-0.39, 0.29) is 11.3 Å². The Morgan fingerprint density at radius 2 is 1.86 bits per heavy atom. The van der Waals surface area contributed by atoms with E-state index < -0.39 is 10.0 Å². The van der Waals surface area contributed by atoms with Crippen LogP contribution in [0.15, 0.2) is 53.4 Å². The molecule has 0 aromatic heterocycles. The fourth-order valence-electron chi connectivity index (χ4n) is 1.76. The maximum Gasteiger partial charge on any atom is 0.261 e. The molecule has 21 heavy (non-hydrogen) atoms. The predicted molar refractivity (Wildman–Crippen MR) is 80.9 cm³/mol. The summed E-state index contributed by atoms with van der Waals surface area (Å²) in [6.45, 7) is 0. The largest absolute Gasteiger partial charge is 0.280 e. The molecule has 0 amide bonds. The van der Waals surface area contributed by atoms with Crippen LogP contribution in [0.2, 0.25) is 0 Å². The highest BCUT2D eigenvalue weighted by atomic mass is 32.2. The number of nitriles is 1. The Hall–Kier alpha value is -2.76. The van der Waals surface area contributed by atoms with Gasteiger partial charge in [0, 0.05) is 5.56 Å². The van der Waals surface area contributed by atoms with Crippen molar-refractivity contribution in [1.29, 1.82) is 5.26 Å². The monoisotopic (exact) mass is 296 g/mol. The van der Waals surface area contributed by atoms with Crippen LogP contribution in [0.1, 0.15) is 11.1 Å². The van der Waals surface area contributed by atoms with Crippen LogP contribution in [0.3, 0.4) is 0 Å². The van der Waals surface area contributed by atoms with Crippen molar-refractivity contribution >= 4 is 15.7 Å². The highest BCUT2D eigenvalue weighted by molar-refractivity contribution is 7.92. The molecule has 0 radical (unpaired) electrons. The normalized spacial score (nSPS) is 10.4. The molecule has 0 aliphatic heterocycles. The Labute approximate surface area is 124 Å². The molecular formula is C16H12N2O2S. The lowest BCUT2D eigenvalue weighted by molar-refractivity contribution is 0.601. The number of terminal acetylenes is 1. The van der Waals surface area contributed by atoms with E-state index in [1.165, 1.54) is 12.1 Å². The Balaban J connectivity index is 2.26. The van der Waals surface area contributed by atoms with Crippen LogP contribution < -0.4 is 4.72 Å². The van der Waals surface area contributed by atoms with Crippen molar-refractivity contribution in [3.05, 3.63) is 59.7 Å². The van der Waals surface area contributed by atoms with Crippen LogP contribution in [0.5, 0.6) is 0 Å². The smallest absolute Gasteiger partial charge is 0.261 e. The number of nitrogens with one attached hydrogen (secondary N) is 1. The molecule has 2 aromatic carbocycles.